The van der Waals surface area contributed by atoms with Gasteiger partial charge in [-0.1, -0.05) is 19.1 Å². The second kappa shape index (κ2) is 11.2. The first-order valence-corrected chi connectivity index (χ1v) is 13.9. The molecule has 190 valence electrons. The highest BCUT2D eigenvalue weighted by atomic mass is 32.2. The largest absolute Gasteiger partial charge is 0.487 e. The number of aliphatic hydroxyl groups is 1. The maximum atomic E-state index is 13.7. The molecule has 7 nitrogen and oxygen atoms in total. The summed E-state index contributed by atoms with van der Waals surface area (Å²) in [7, 11) is -1.78. The molecular weight excluding hydrogens is 462 g/mol. The molecule has 8 heteroatoms. The topological polar surface area (TPSA) is 83.0 Å². The minimum atomic E-state index is -3.83. The predicted octanol–water partition coefficient (Wildman–Crippen LogP) is 3.94. The smallest absolute Gasteiger partial charge is 0.247 e. The van der Waals surface area contributed by atoms with Gasteiger partial charge in [-0.2, -0.15) is 4.31 Å². The van der Waals surface area contributed by atoms with E-state index in [1.54, 1.807) is 25.4 Å². The van der Waals surface area contributed by atoms with Gasteiger partial charge in [0.25, 0.3) is 0 Å². The number of aromatic nitrogens is 1. The minimum absolute atomic E-state index is 0.0793. The van der Waals surface area contributed by atoms with Crippen LogP contribution >= 0.6 is 0 Å². The number of nitrogens with zero attached hydrogens (tertiary/aromatic N) is 3. The number of aliphatic hydroxyl groups excluding tert-OH is 1. The molecule has 0 radical (unpaired) electrons. The third-order valence-electron chi connectivity index (χ3n) is 7.02. The Morgan fingerprint density at radius 3 is 2.69 bits per heavy atom. The van der Waals surface area contributed by atoms with Crippen molar-refractivity contribution in [3.63, 3.8) is 0 Å². The van der Waals surface area contributed by atoms with E-state index < -0.39 is 16.1 Å². The first kappa shape index (κ1) is 25.8. The van der Waals surface area contributed by atoms with Crippen LogP contribution in [-0.2, 0) is 16.6 Å². The summed E-state index contributed by atoms with van der Waals surface area (Å²) in [4.78, 5) is 6.46. The standard InChI is InChI=1S/C27H37N3O4S/c1-20-16-30(21(2)19-31)35(32,33)27-10-9-24(23-7-5-4-6-8-23)15-25(27)34-26(20)18-29(3)17-22-11-13-28-14-12-22/h7,9-15,20-21,26,31H,4-6,8,16-19H2,1-3H3/t20-,21-,26-/m1/s1. The van der Waals surface area contributed by atoms with Crippen molar-refractivity contribution >= 4 is 15.6 Å². The van der Waals surface area contributed by atoms with E-state index in [2.05, 4.69) is 16.0 Å². The van der Waals surface area contributed by atoms with Crippen LogP contribution in [0.1, 0.15) is 50.7 Å². The second-order valence-corrected chi connectivity index (χ2v) is 11.8. The first-order chi connectivity index (χ1) is 16.8. The van der Waals surface area contributed by atoms with Crippen LogP contribution in [0, 0.1) is 5.92 Å². The number of allylic oxidation sites excluding steroid dienone is 2. The fourth-order valence-corrected chi connectivity index (χ4v) is 6.74. The minimum Gasteiger partial charge on any atom is -0.487 e. The molecule has 1 aliphatic heterocycles. The lowest BCUT2D eigenvalue weighted by Gasteiger charge is -2.37. The van der Waals surface area contributed by atoms with Crippen molar-refractivity contribution in [2.45, 2.75) is 63.1 Å². The molecule has 0 spiro atoms. The van der Waals surface area contributed by atoms with Gasteiger partial charge in [-0.3, -0.25) is 9.88 Å². The average Bonchev–Trinajstić information content (AvgIpc) is 2.86. The monoisotopic (exact) mass is 499 g/mol. The Morgan fingerprint density at radius 2 is 2.00 bits per heavy atom. The number of hydrogen-bond donors (Lipinski definition) is 1. The zero-order valence-corrected chi connectivity index (χ0v) is 21.7. The summed E-state index contributed by atoms with van der Waals surface area (Å²) in [6.07, 6.45) is 9.98. The molecule has 0 saturated carbocycles. The zero-order chi connectivity index (χ0) is 25.0. The molecule has 1 aromatic carbocycles. The highest BCUT2D eigenvalue weighted by Crippen LogP contribution is 2.37. The molecule has 3 atom stereocenters. The molecular formula is C27H37N3O4S. The quantitative estimate of drug-likeness (QED) is 0.621. The molecule has 1 aromatic heterocycles. The molecule has 2 aliphatic rings. The molecule has 0 bridgehead atoms. The molecule has 2 heterocycles. The van der Waals surface area contributed by atoms with Gasteiger partial charge in [-0.25, -0.2) is 8.42 Å². The van der Waals surface area contributed by atoms with Gasteiger partial charge in [0, 0.05) is 44.0 Å². The Bertz CT molecular complexity index is 1140. The van der Waals surface area contributed by atoms with Crippen LogP contribution in [0.2, 0.25) is 0 Å². The first-order valence-electron chi connectivity index (χ1n) is 12.5. The Hall–Kier alpha value is -2.26. The average molecular weight is 500 g/mol. The van der Waals surface area contributed by atoms with E-state index >= 15 is 0 Å². The lowest BCUT2D eigenvalue weighted by atomic mass is 9.93. The van der Waals surface area contributed by atoms with Gasteiger partial charge in [0.2, 0.25) is 10.0 Å². The summed E-state index contributed by atoms with van der Waals surface area (Å²) in [6, 6.07) is 8.95. The van der Waals surface area contributed by atoms with Crippen molar-refractivity contribution in [3.8, 4) is 5.75 Å². The van der Waals surface area contributed by atoms with E-state index in [-0.39, 0.29) is 30.1 Å². The number of hydrogen-bond acceptors (Lipinski definition) is 6. The summed E-state index contributed by atoms with van der Waals surface area (Å²) >= 11 is 0. The maximum Gasteiger partial charge on any atom is 0.247 e. The molecule has 1 aliphatic carbocycles. The number of fused-ring (bicyclic) bond motifs is 1. The number of sulfonamides is 1. The van der Waals surface area contributed by atoms with Gasteiger partial charge in [-0.05, 0) is 80.6 Å². The Balaban J connectivity index is 1.69. The summed E-state index contributed by atoms with van der Waals surface area (Å²) in [5, 5.41) is 9.85. The van der Waals surface area contributed by atoms with Gasteiger partial charge in [0.05, 0.1) is 6.61 Å². The number of likely N-dealkylation sites (N-methyl/N-ethyl adjacent to an activating group) is 1. The summed E-state index contributed by atoms with van der Waals surface area (Å²) in [5.74, 6) is 0.322. The van der Waals surface area contributed by atoms with E-state index in [4.69, 9.17) is 4.74 Å². The van der Waals surface area contributed by atoms with Crippen molar-refractivity contribution in [2.24, 2.45) is 5.92 Å². The third-order valence-corrected chi connectivity index (χ3v) is 9.04. The summed E-state index contributed by atoms with van der Waals surface area (Å²) < 4.78 is 35.3. The number of benzene rings is 1. The van der Waals surface area contributed by atoms with Crippen molar-refractivity contribution < 1.29 is 18.3 Å². The van der Waals surface area contributed by atoms with Gasteiger partial charge in [-0.15, -0.1) is 0 Å². The molecule has 2 aromatic rings. The highest BCUT2D eigenvalue weighted by molar-refractivity contribution is 7.89. The van der Waals surface area contributed by atoms with Crippen LogP contribution in [-0.4, -0.2) is 66.6 Å². The van der Waals surface area contributed by atoms with Crippen molar-refractivity contribution in [1.82, 2.24) is 14.2 Å². The second-order valence-electron chi connectivity index (χ2n) is 9.93. The van der Waals surface area contributed by atoms with Crippen molar-refractivity contribution in [3.05, 3.63) is 59.9 Å². The maximum absolute atomic E-state index is 13.7. The number of pyridine rings is 1. The van der Waals surface area contributed by atoms with Crippen LogP contribution in [0.15, 0.2) is 53.7 Å². The molecule has 4 rings (SSSR count). The van der Waals surface area contributed by atoms with E-state index in [1.807, 2.05) is 38.2 Å². The Kier molecular flexibility index (Phi) is 8.27. The lowest BCUT2D eigenvalue weighted by Crippen LogP contribution is -2.49. The van der Waals surface area contributed by atoms with Crippen LogP contribution in [0.5, 0.6) is 5.75 Å². The Labute approximate surface area is 209 Å². The number of ether oxygens (including phenoxy) is 1. The van der Waals surface area contributed by atoms with Gasteiger partial charge < -0.3 is 9.84 Å². The molecule has 0 fully saturated rings. The summed E-state index contributed by atoms with van der Waals surface area (Å²) in [6.45, 7) is 5.19. The normalized spacial score (nSPS) is 23.5. The van der Waals surface area contributed by atoms with Crippen LogP contribution in [0.25, 0.3) is 5.57 Å². The molecule has 35 heavy (non-hydrogen) atoms. The van der Waals surface area contributed by atoms with Crippen LogP contribution in [0.3, 0.4) is 0 Å². The van der Waals surface area contributed by atoms with Gasteiger partial charge in [0.15, 0.2) is 0 Å². The SMILES string of the molecule is C[C@@H]1CN([C@H](C)CO)S(=O)(=O)c2ccc(C3=CCCCC3)cc2O[C@@H]1CN(C)Cc1ccncc1. The highest BCUT2D eigenvalue weighted by Gasteiger charge is 2.38. The van der Waals surface area contributed by atoms with E-state index in [9.17, 15) is 13.5 Å². The molecule has 0 unspecified atom stereocenters. The molecule has 0 saturated heterocycles. The third kappa shape index (κ3) is 5.94. The zero-order valence-electron chi connectivity index (χ0n) is 20.9. The van der Waals surface area contributed by atoms with Crippen molar-refractivity contribution in [1.29, 1.82) is 0 Å². The van der Waals surface area contributed by atoms with Crippen molar-refractivity contribution in [2.75, 3.05) is 26.7 Å². The van der Waals surface area contributed by atoms with Gasteiger partial charge >= 0.3 is 0 Å². The molecule has 0 amide bonds. The van der Waals surface area contributed by atoms with Gasteiger partial charge in [0.1, 0.15) is 16.7 Å². The predicted molar refractivity (Wildman–Crippen MR) is 137 cm³/mol. The van der Waals surface area contributed by atoms with E-state index in [0.29, 0.717) is 12.3 Å². The Morgan fingerprint density at radius 1 is 1.23 bits per heavy atom. The lowest BCUT2D eigenvalue weighted by molar-refractivity contribution is 0.0733. The van der Waals surface area contributed by atoms with E-state index in [0.717, 1.165) is 36.9 Å². The number of rotatable bonds is 7. The van der Waals surface area contributed by atoms with Crippen LogP contribution < -0.4 is 4.74 Å². The molecule has 1 N–H and O–H groups in total. The fraction of sp³-hybridized carbons (Fsp3) is 0.519. The fourth-order valence-electron chi connectivity index (χ4n) is 4.92. The van der Waals surface area contributed by atoms with Crippen LogP contribution in [0.4, 0.5) is 0 Å². The van der Waals surface area contributed by atoms with E-state index in [1.165, 1.54) is 16.3 Å². The summed E-state index contributed by atoms with van der Waals surface area (Å²) in [5.41, 5.74) is 3.44.